The molecule has 1 aliphatic rings. The SMILES string of the molecule is Nc1cc(C(=O)O)ccc1N1CCc2sccc2C1. The smallest absolute Gasteiger partial charge is 0.335 e. The van der Waals surface area contributed by atoms with Crippen LogP contribution in [-0.2, 0) is 13.0 Å². The average molecular weight is 274 g/mol. The van der Waals surface area contributed by atoms with Gasteiger partial charge in [0, 0.05) is 18.0 Å². The number of carbonyl (C=O) groups is 1. The van der Waals surface area contributed by atoms with Crippen molar-refractivity contribution in [2.45, 2.75) is 13.0 Å². The minimum Gasteiger partial charge on any atom is -0.478 e. The van der Waals surface area contributed by atoms with Crippen molar-refractivity contribution in [3.8, 4) is 0 Å². The first kappa shape index (κ1) is 12.0. The van der Waals surface area contributed by atoms with E-state index >= 15 is 0 Å². The lowest BCUT2D eigenvalue weighted by Crippen LogP contribution is -2.30. The summed E-state index contributed by atoms with van der Waals surface area (Å²) in [6.45, 7) is 1.76. The standard InChI is InChI=1S/C14H14N2O2S/c15-11-7-9(14(17)18)1-2-12(11)16-5-3-13-10(8-16)4-6-19-13/h1-2,4,6-7H,3,5,8,15H2,(H,17,18). The van der Waals surface area contributed by atoms with Crippen molar-refractivity contribution in [2.24, 2.45) is 0 Å². The van der Waals surface area contributed by atoms with Gasteiger partial charge < -0.3 is 15.7 Å². The Morgan fingerprint density at radius 1 is 1.37 bits per heavy atom. The number of nitrogens with zero attached hydrogens (tertiary/aromatic N) is 1. The quantitative estimate of drug-likeness (QED) is 0.826. The Morgan fingerprint density at radius 2 is 2.21 bits per heavy atom. The molecule has 19 heavy (non-hydrogen) atoms. The highest BCUT2D eigenvalue weighted by Crippen LogP contribution is 2.31. The summed E-state index contributed by atoms with van der Waals surface area (Å²) in [5, 5.41) is 11.1. The van der Waals surface area contributed by atoms with Crippen molar-refractivity contribution >= 4 is 28.7 Å². The molecule has 5 heteroatoms. The Kier molecular flexibility index (Phi) is 2.91. The van der Waals surface area contributed by atoms with E-state index in [1.54, 1.807) is 23.5 Å². The molecule has 0 saturated carbocycles. The van der Waals surface area contributed by atoms with E-state index in [0.29, 0.717) is 5.69 Å². The van der Waals surface area contributed by atoms with Crippen LogP contribution >= 0.6 is 11.3 Å². The summed E-state index contributed by atoms with van der Waals surface area (Å²) in [7, 11) is 0. The first-order valence-electron chi connectivity index (χ1n) is 6.08. The fourth-order valence-corrected chi connectivity index (χ4v) is 3.32. The summed E-state index contributed by atoms with van der Waals surface area (Å²) in [6, 6.07) is 7.09. The van der Waals surface area contributed by atoms with Crippen molar-refractivity contribution in [3.63, 3.8) is 0 Å². The molecule has 1 aromatic carbocycles. The van der Waals surface area contributed by atoms with Crippen LogP contribution < -0.4 is 10.6 Å². The molecule has 2 aromatic rings. The summed E-state index contributed by atoms with van der Waals surface area (Å²) in [5.41, 5.74) is 9.00. The minimum atomic E-state index is -0.947. The highest BCUT2D eigenvalue weighted by Gasteiger charge is 2.19. The zero-order valence-corrected chi connectivity index (χ0v) is 11.1. The third kappa shape index (κ3) is 2.17. The third-order valence-electron chi connectivity index (χ3n) is 3.42. The van der Waals surface area contributed by atoms with Crippen LogP contribution in [0, 0.1) is 0 Å². The van der Waals surface area contributed by atoms with Crippen molar-refractivity contribution in [2.75, 3.05) is 17.2 Å². The van der Waals surface area contributed by atoms with Gasteiger partial charge in [0.1, 0.15) is 0 Å². The molecule has 0 saturated heterocycles. The number of rotatable bonds is 2. The van der Waals surface area contributed by atoms with Crippen LogP contribution in [0.25, 0.3) is 0 Å². The number of thiophene rings is 1. The zero-order valence-electron chi connectivity index (χ0n) is 10.3. The number of nitrogen functional groups attached to an aromatic ring is 1. The Hall–Kier alpha value is -2.01. The van der Waals surface area contributed by atoms with Crippen LogP contribution in [0.5, 0.6) is 0 Å². The van der Waals surface area contributed by atoms with Crippen molar-refractivity contribution < 1.29 is 9.90 Å². The molecule has 3 rings (SSSR count). The van der Waals surface area contributed by atoms with Crippen molar-refractivity contribution in [1.29, 1.82) is 0 Å². The fourth-order valence-electron chi connectivity index (χ4n) is 2.43. The summed E-state index contributed by atoms with van der Waals surface area (Å²) >= 11 is 1.80. The van der Waals surface area contributed by atoms with Gasteiger partial charge in [0.25, 0.3) is 0 Å². The summed E-state index contributed by atoms with van der Waals surface area (Å²) in [4.78, 5) is 14.5. The summed E-state index contributed by atoms with van der Waals surface area (Å²) in [6.07, 6.45) is 1.02. The number of carboxylic acid groups (broad SMARTS) is 1. The van der Waals surface area contributed by atoms with Gasteiger partial charge in [-0.15, -0.1) is 11.3 Å². The maximum atomic E-state index is 10.9. The lowest BCUT2D eigenvalue weighted by molar-refractivity contribution is 0.0697. The predicted octanol–water partition coefficient (Wildman–Crippen LogP) is 2.59. The molecule has 0 bridgehead atoms. The highest BCUT2D eigenvalue weighted by atomic mass is 32.1. The number of hydrogen-bond donors (Lipinski definition) is 2. The molecular weight excluding hydrogens is 260 g/mol. The van der Waals surface area contributed by atoms with Crippen LogP contribution in [-0.4, -0.2) is 17.6 Å². The van der Waals surface area contributed by atoms with Crippen molar-refractivity contribution in [1.82, 2.24) is 0 Å². The number of carboxylic acids is 1. The topological polar surface area (TPSA) is 66.6 Å². The summed E-state index contributed by atoms with van der Waals surface area (Å²) in [5.74, 6) is -0.947. The maximum Gasteiger partial charge on any atom is 0.335 e. The normalized spacial score (nSPS) is 14.2. The predicted molar refractivity (Wildman–Crippen MR) is 76.9 cm³/mol. The van der Waals surface area contributed by atoms with E-state index in [1.165, 1.54) is 16.5 Å². The fraction of sp³-hybridized carbons (Fsp3) is 0.214. The lowest BCUT2D eigenvalue weighted by Gasteiger charge is -2.30. The van der Waals surface area contributed by atoms with E-state index in [2.05, 4.69) is 16.3 Å². The molecule has 0 fully saturated rings. The Labute approximate surface area is 115 Å². The lowest BCUT2D eigenvalue weighted by atomic mass is 10.1. The molecule has 0 atom stereocenters. The molecule has 4 nitrogen and oxygen atoms in total. The molecule has 1 aromatic heterocycles. The second kappa shape index (κ2) is 4.59. The van der Waals surface area contributed by atoms with Gasteiger partial charge in [0.05, 0.1) is 16.9 Å². The second-order valence-corrected chi connectivity index (χ2v) is 5.62. The van der Waals surface area contributed by atoms with Crippen LogP contribution in [0.1, 0.15) is 20.8 Å². The first-order valence-corrected chi connectivity index (χ1v) is 6.96. The number of hydrogen-bond acceptors (Lipinski definition) is 4. The number of nitrogens with two attached hydrogens (primary N) is 1. The minimum absolute atomic E-state index is 0.231. The Balaban J connectivity index is 1.90. The molecule has 0 spiro atoms. The molecule has 2 heterocycles. The van der Waals surface area contributed by atoms with Gasteiger partial charge in [-0.3, -0.25) is 0 Å². The van der Waals surface area contributed by atoms with E-state index in [-0.39, 0.29) is 5.56 Å². The molecule has 98 valence electrons. The number of fused-ring (bicyclic) bond motifs is 1. The van der Waals surface area contributed by atoms with Gasteiger partial charge in [0.15, 0.2) is 0 Å². The van der Waals surface area contributed by atoms with Gasteiger partial charge in [-0.1, -0.05) is 0 Å². The molecule has 0 radical (unpaired) electrons. The number of aromatic carboxylic acids is 1. The number of anilines is 2. The van der Waals surface area contributed by atoms with E-state index in [1.807, 2.05) is 0 Å². The molecule has 0 aliphatic carbocycles. The second-order valence-electron chi connectivity index (χ2n) is 4.62. The van der Waals surface area contributed by atoms with E-state index in [9.17, 15) is 4.79 Å². The van der Waals surface area contributed by atoms with Gasteiger partial charge in [-0.2, -0.15) is 0 Å². The Morgan fingerprint density at radius 3 is 2.95 bits per heavy atom. The van der Waals surface area contributed by atoms with Gasteiger partial charge >= 0.3 is 5.97 Å². The van der Waals surface area contributed by atoms with Crippen molar-refractivity contribution in [3.05, 3.63) is 45.6 Å². The number of benzene rings is 1. The summed E-state index contributed by atoms with van der Waals surface area (Å²) < 4.78 is 0. The Bertz CT molecular complexity index is 636. The third-order valence-corrected chi connectivity index (χ3v) is 4.45. The molecular formula is C14H14N2O2S. The zero-order chi connectivity index (χ0) is 13.4. The van der Waals surface area contributed by atoms with Crippen LogP contribution in [0.4, 0.5) is 11.4 Å². The highest BCUT2D eigenvalue weighted by molar-refractivity contribution is 7.10. The van der Waals surface area contributed by atoms with Crippen LogP contribution in [0.3, 0.4) is 0 Å². The molecule has 3 N–H and O–H groups in total. The van der Waals surface area contributed by atoms with Gasteiger partial charge in [-0.25, -0.2) is 4.79 Å². The maximum absolute atomic E-state index is 10.9. The van der Waals surface area contributed by atoms with E-state index in [4.69, 9.17) is 10.8 Å². The average Bonchev–Trinajstić information content (AvgIpc) is 2.85. The molecule has 1 aliphatic heterocycles. The van der Waals surface area contributed by atoms with Gasteiger partial charge in [-0.05, 0) is 41.6 Å². The van der Waals surface area contributed by atoms with E-state index in [0.717, 1.165) is 25.2 Å². The molecule has 0 unspecified atom stereocenters. The monoisotopic (exact) mass is 274 g/mol. The van der Waals surface area contributed by atoms with Crippen LogP contribution in [0.15, 0.2) is 29.6 Å². The van der Waals surface area contributed by atoms with Gasteiger partial charge in [0.2, 0.25) is 0 Å². The van der Waals surface area contributed by atoms with Crippen LogP contribution in [0.2, 0.25) is 0 Å². The van der Waals surface area contributed by atoms with E-state index < -0.39 is 5.97 Å². The molecule has 0 amide bonds. The largest absolute Gasteiger partial charge is 0.478 e. The first-order chi connectivity index (χ1) is 9.15.